The Morgan fingerprint density at radius 1 is 1.07 bits per heavy atom. The smallest absolute Gasteiger partial charge is 0.327 e. The molecular formula is C21H20F2N6O. The average Bonchev–Trinajstić information content (AvgIpc) is 3.34. The first-order chi connectivity index (χ1) is 14.6. The molecule has 0 saturated heterocycles. The zero-order chi connectivity index (χ0) is 20.9. The minimum absolute atomic E-state index is 0.280. The van der Waals surface area contributed by atoms with Gasteiger partial charge in [0.05, 0.1) is 12.0 Å². The standard InChI is InChI=1S/C21H20F2N6O/c22-17-9-16(10-18(23)11-17)19-20(26-13-15-3-1-4-24-12-15)27-21(30)29(19)7-2-6-28-8-5-25-14-28/h1,3-5,8-12,14,26H,2,6-7,13H2,(H,27,30). The van der Waals surface area contributed by atoms with Crippen molar-refractivity contribution in [3.8, 4) is 11.3 Å². The molecule has 0 bridgehead atoms. The SMILES string of the molecule is O=c1[nH]c(NCc2cccnc2)c(-c2cc(F)cc(F)c2)n1CCCn1ccnc1. The van der Waals surface area contributed by atoms with Gasteiger partial charge in [-0.15, -0.1) is 0 Å². The monoisotopic (exact) mass is 410 g/mol. The number of hydrogen-bond donors (Lipinski definition) is 2. The van der Waals surface area contributed by atoms with Crippen molar-refractivity contribution in [1.82, 2.24) is 24.1 Å². The highest BCUT2D eigenvalue weighted by molar-refractivity contribution is 5.72. The number of benzene rings is 1. The van der Waals surface area contributed by atoms with Gasteiger partial charge in [-0.05, 0) is 30.2 Å². The third-order valence-corrected chi connectivity index (χ3v) is 4.67. The Morgan fingerprint density at radius 3 is 2.60 bits per heavy atom. The van der Waals surface area contributed by atoms with Crippen LogP contribution in [0.2, 0.25) is 0 Å². The summed E-state index contributed by atoms with van der Waals surface area (Å²) in [4.78, 5) is 23.5. The van der Waals surface area contributed by atoms with E-state index in [2.05, 4.69) is 20.3 Å². The van der Waals surface area contributed by atoms with Gasteiger partial charge in [0.15, 0.2) is 0 Å². The second kappa shape index (κ2) is 8.73. The summed E-state index contributed by atoms with van der Waals surface area (Å²) in [6, 6.07) is 6.94. The molecular weight excluding hydrogens is 390 g/mol. The van der Waals surface area contributed by atoms with Crippen molar-refractivity contribution in [2.24, 2.45) is 0 Å². The number of anilines is 1. The molecule has 0 unspecified atom stereocenters. The highest BCUT2D eigenvalue weighted by Gasteiger charge is 2.17. The minimum atomic E-state index is -0.707. The summed E-state index contributed by atoms with van der Waals surface area (Å²) in [5.74, 6) is -1.01. The van der Waals surface area contributed by atoms with Crippen LogP contribution in [0.25, 0.3) is 11.3 Å². The summed E-state index contributed by atoms with van der Waals surface area (Å²) in [5, 5.41) is 3.16. The first-order valence-corrected chi connectivity index (χ1v) is 9.48. The molecule has 0 atom stereocenters. The molecule has 30 heavy (non-hydrogen) atoms. The fourth-order valence-corrected chi connectivity index (χ4v) is 3.33. The summed E-state index contributed by atoms with van der Waals surface area (Å²) in [6.07, 6.45) is 9.23. The lowest BCUT2D eigenvalue weighted by molar-refractivity contribution is 0.555. The Kier molecular flexibility index (Phi) is 5.69. The quantitative estimate of drug-likeness (QED) is 0.467. The second-order valence-corrected chi connectivity index (χ2v) is 6.83. The molecule has 0 fully saturated rings. The number of aromatic amines is 1. The molecule has 0 aliphatic heterocycles. The zero-order valence-electron chi connectivity index (χ0n) is 16.1. The Morgan fingerprint density at radius 2 is 1.90 bits per heavy atom. The lowest BCUT2D eigenvalue weighted by Gasteiger charge is -2.12. The molecule has 0 radical (unpaired) electrons. The van der Waals surface area contributed by atoms with E-state index in [1.54, 1.807) is 24.9 Å². The number of aryl methyl sites for hydroxylation is 1. The maximum atomic E-state index is 13.9. The van der Waals surface area contributed by atoms with Crippen LogP contribution >= 0.6 is 0 Å². The minimum Gasteiger partial charge on any atom is -0.366 e. The molecule has 7 nitrogen and oxygen atoms in total. The maximum absolute atomic E-state index is 13.9. The van der Waals surface area contributed by atoms with Crippen molar-refractivity contribution in [3.63, 3.8) is 0 Å². The van der Waals surface area contributed by atoms with Gasteiger partial charge in [0.2, 0.25) is 0 Å². The van der Waals surface area contributed by atoms with Gasteiger partial charge in [0.1, 0.15) is 17.5 Å². The number of pyridine rings is 1. The van der Waals surface area contributed by atoms with E-state index in [1.165, 1.54) is 16.7 Å². The van der Waals surface area contributed by atoms with E-state index in [0.29, 0.717) is 37.6 Å². The Labute approximate surface area is 171 Å². The number of rotatable bonds is 8. The lowest BCUT2D eigenvalue weighted by Crippen LogP contribution is -2.18. The number of nitrogens with zero attached hydrogens (tertiary/aromatic N) is 4. The van der Waals surface area contributed by atoms with Gasteiger partial charge in [0.25, 0.3) is 0 Å². The first kappa shape index (κ1) is 19.6. The van der Waals surface area contributed by atoms with E-state index in [9.17, 15) is 13.6 Å². The molecule has 4 aromatic rings. The van der Waals surface area contributed by atoms with Crippen molar-refractivity contribution in [1.29, 1.82) is 0 Å². The molecule has 9 heteroatoms. The molecule has 1 aromatic carbocycles. The van der Waals surface area contributed by atoms with Gasteiger partial charge in [-0.2, -0.15) is 0 Å². The van der Waals surface area contributed by atoms with Gasteiger partial charge in [-0.25, -0.2) is 18.6 Å². The van der Waals surface area contributed by atoms with Crippen LogP contribution in [0.4, 0.5) is 14.6 Å². The molecule has 0 spiro atoms. The van der Waals surface area contributed by atoms with Crippen LogP contribution in [-0.2, 0) is 19.6 Å². The highest BCUT2D eigenvalue weighted by Crippen LogP contribution is 2.28. The van der Waals surface area contributed by atoms with Gasteiger partial charge in [-0.1, -0.05) is 6.07 Å². The Bertz CT molecular complexity index is 1150. The Hall–Kier alpha value is -3.75. The van der Waals surface area contributed by atoms with Crippen LogP contribution < -0.4 is 11.0 Å². The van der Waals surface area contributed by atoms with Crippen molar-refractivity contribution >= 4 is 5.82 Å². The van der Waals surface area contributed by atoms with Crippen LogP contribution in [0.5, 0.6) is 0 Å². The van der Waals surface area contributed by atoms with E-state index in [1.807, 2.05) is 22.9 Å². The molecule has 0 aliphatic rings. The van der Waals surface area contributed by atoms with Crippen molar-refractivity contribution < 1.29 is 8.78 Å². The zero-order valence-corrected chi connectivity index (χ0v) is 16.1. The summed E-state index contributed by atoms with van der Waals surface area (Å²) in [7, 11) is 0. The van der Waals surface area contributed by atoms with E-state index >= 15 is 0 Å². The van der Waals surface area contributed by atoms with Gasteiger partial charge in [-0.3, -0.25) is 14.5 Å². The summed E-state index contributed by atoms with van der Waals surface area (Å²) >= 11 is 0. The maximum Gasteiger partial charge on any atom is 0.327 e. The summed E-state index contributed by atoms with van der Waals surface area (Å²) in [6.45, 7) is 1.43. The van der Waals surface area contributed by atoms with Crippen molar-refractivity contribution in [3.05, 3.63) is 89.1 Å². The topological polar surface area (TPSA) is 80.5 Å². The van der Waals surface area contributed by atoms with Gasteiger partial charge in [0, 0.05) is 56.1 Å². The van der Waals surface area contributed by atoms with Crippen molar-refractivity contribution in [2.45, 2.75) is 26.1 Å². The molecule has 154 valence electrons. The number of imidazole rings is 2. The Balaban J connectivity index is 1.65. The van der Waals surface area contributed by atoms with E-state index in [4.69, 9.17) is 0 Å². The predicted octanol–water partition coefficient (Wildman–Crippen LogP) is 3.42. The number of nitrogens with one attached hydrogen (secondary N) is 2. The predicted molar refractivity (Wildman–Crippen MR) is 109 cm³/mol. The fourth-order valence-electron chi connectivity index (χ4n) is 3.33. The summed E-state index contributed by atoms with van der Waals surface area (Å²) < 4.78 is 31.2. The van der Waals surface area contributed by atoms with E-state index < -0.39 is 11.6 Å². The molecule has 3 heterocycles. The third-order valence-electron chi connectivity index (χ3n) is 4.67. The average molecular weight is 410 g/mol. The molecule has 4 rings (SSSR count). The number of hydrogen-bond acceptors (Lipinski definition) is 4. The van der Waals surface area contributed by atoms with Crippen LogP contribution in [0.3, 0.4) is 0 Å². The molecule has 3 aromatic heterocycles. The molecule has 0 aliphatic carbocycles. The third kappa shape index (κ3) is 4.45. The van der Waals surface area contributed by atoms with Gasteiger partial charge < -0.3 is 9.88 Å². The fraction of sp³-hybridized carbons (Fsp3) is 0.190. The largest absolute Gasteiger partial charge is 0.366 e. The first-order valence-electron chi connectivity index (χ1n) is 9.48. The van der Waals surface area contributed by atoms with Crippen LogP contribution in [0.1, 0.15) is 12.0 Å². The number of H-pyrrole nitrogens is 1. The molecule has 0 saturated carbocycles. The van der Waals surface area contributed by atoms with Crippen molar-refractivity contribution in [2.75, 3.05) is 5.32 Å². The van der Waals surface area contributed by atoms with Crippen LogP contribution in [-0.4, -0.2) is 24.1 Å². The van der Waals surface area contributed by atoms with Crippen LogP contribution in [0, 0.1) is 11.6 Å². The summed E-state index contributed by atoms with van der Waals surface area (Å²) in [5.41, 5.74) is 1.24. The highest BCUT2D eigenvalue weighted by atomic mass is 19.1. The lowest BCUT2D eigenvalue weighted by atomic mass is 10.1. The molecule has 0 amide bonds. The number of aromatic nitrogens is 5. The molecule has 2 N–H and O–H groups in total. The second-order valence-electron chi connectivity index (χ2n) is 6.83. The number of halogens is 2. The van der Waals surface area contributed by atoms with Gasteiger partial charge >= 0.3 is 5.69 Å². The van der Waals surface area contributed by atoms with Crippen LogP contribution in [0.15, 0.2) is 66.2 Å². The van der Waals surface area contributed by atoms with E-state index in [-0.39, 0.29) is 11.3 Å². The van der Waals surface area contributed by atoms with E-state index in [0.717, 1.165) is 11.6 Å². The normalized spacial score (nSPS) is 11.0.